The molecule has 2 aliphatic rings. The molecule has 0 spiro atoms. The zero-order valence-corrected chi connectivity index (χ0v) is 10.3. The van der Waals surface area contributed by atoms with Crippen LogP contribution in [0, 0.1) is 17.8 Å². The Labute approximate surface area is 96.8 Å². The third kappa shape index (κ3) is 2.10. The number of urea groups is 1. The molecule has 2 amide bonds. The second kappa shape index (κ2) is 4.24. The zero-order chi connectivity index (χ0) is 11.0. The van der Waals surface area contributed by atoms with Gasteiger partial charge in [0.05, 0.1) is 0 Å². The number of hydrogen-bond donors (Lipinski definition) is 3. The molecule has 1 aliphatic heterocycles. The van der Waals surface area contributed by atoms with E-state index >= 15 is 0 Å². The van der Waals surface area contributed by atoms with Gasteiger partial charge in [-0.3, -0.25) is 0 Å². The highest BCUT2D eigenvalue weighted by molar-refractivity contribution is 7.81. The summed E-state index contributed by atoms with van der Waals surface area (Å²) in [5.74, 6) is 1.79. The average Bonchev–Trinajstić information content (AvgIpc) is 2.29. The van der Waals surface area contributed by atoms with Gasteiger partial charge >= 0.3 is 6.03 Å². The maximum Gasteiger partial charge on any atom is 0.315 e. The smallest absolute Gasteiger partial charge is 0.315 e. The minimum atomic E-state index is -0.0102. The molecule has 1 aliphatic carbocycles. The fraction of sp³-hybridized carbons (Fsp3) is 0.909. The number of hydrogen-bond acceptors (Lipinski definition) is 2. The largest absolute Gasteiger partial charge is 0.338 e. The number of nitrogens with one attached hydrogen (secondary N) is 2. The number of carbonyl (C=O) groups excluding carboxylic acids is 1. The fourth-order valence-electron chi connectivity index (χ4n) is 2.89. The summed E-state index contributed by atoms with van der Waals surface area (Å²) in [6.07, 6.45) is 2.24. The Bertz CT molecular complexity index is 251. The lowest BCUT2D eigenvalue weighted by Gasteiger charge is -2.46. The molecule has 0 bridgehead atoms. The molecule has 86 valence electrons. The molecule has 0 aromatic heterocycles. The van der Waals surface area contributed by atoms with Crippen molar-refractivity contribution in [1.29, 1.82) is 0 Å². The summed E-state index contributed by atoms with van der Waals surface area (Å²) in [6.45, 7) is 5.28. The number of rotatable bonds is 1. The third-order valence-electron chi connectivity index (χ3n) is 3.93. The van der Waals surface area contributed by atoms with Crippen molar-refractivity contribution in [3.63, 3.8) is 0 Å². The Balaban J connectivity index is 2.07. The molecule has 5 atom stereocenters. The molecule has 1 heterocycles. The molecule has 15 heavy (non-hydrogen) atoms. The fourth-order valence-corrected chi connectivity index (χ4v) is 3.70. The van der Waals surface area contributed by atoms with Crippen molar-refractivity contribution < 1.29 is 4.79 Å². The van der Waals surface area contributed by atoms with Crippen LogP contribution in [-0.2, 0) is 0 Å². The quantitative estimate of drug-likeness (QED) is 0.587. The van der Waals surface area contributed by atoms with Crippen molar-refractivity contribution >= 4 is 18.7 Å². The van der Waals surface area contributed by atoms with E-state index in [4.69, 9.17) is 0 Å². The minimum absolute atomic E-state index is 0.0102. The minimum Gasteiger partial charge on any atom is -0.338 e. The predicted molar refractivity (Wildman–Crippen MR) is 64.1 cm³/mol. The van der Waals surface area contributed by atoms with Crippen LogP contribution in [0.15, 0.2) is 0 Å². The van der Waals surface area contributed by atoms with E-state index in [-0.39, 0.29) is 6.03 Å². The molecule has 1 saturated carbocycles. The summed E-state index contributed by atoms with van der Waals surface area (Å²) in [5, 5.41) is 6.42. The van der Waals surface area contributed by atoms with E-state index in [0.29, 0.717) is 29.0 Å². The van der Waals surface area contributed by atoms with Gasteiger partial charge in [-0.2, -0.15) is 12.6 Å². The maximum atomic E-state index is 11.4. The van der Waals surface area contributed by atoms with Crippen LogP contribution < -0.4 is 10.6 Å². The van der Waals surface area contributed by atoms with Gasteiger partial charge in [-0.05, 0) is 30.6 Å². The van der Waals surface area contributed by atoms with Gasteiger partial charge in [0.15, 0.2) is 0 Å². The van der Waals surface area contributed by atoms with Crippen molar-refractivity contribution in [2.75, 3.05) is 6.54 Å². The molecule has 0 aromatic rings. The maximum absolute atomic E-state index is 11.4. The number of thiol groups is 1. The Morgan fingerprint density at radius 3 is 2.67 bits per heavy atom. The Kier molecular flexibility index (Phi) is 3.14. The molecule has 1 saturated heterocycles. The van der Waals surface area contributed by atoms with Crippen molar-refractivity contribution in [1.82, 2.24) is 10.6 Å². The summed E-state index contributed by atoms with van der Waals surface area (Å²) in [4.78, 5) is 11.4. The molecule has 5 unspecified atom stereocenters. The standard InChI is InChI=1S/C11H20N2OS/c1-6-3-4-12-11(14)13-10(6)9-7(2)5-8(9)15/h6-10,15H,3-5H2,1-2H3,(H2,12,13,14). The van der Waals surface area contributed by atoms with Crippen molar-refractivity contribution in [2.24, 2.45) is 17.8 Å². The summed E-state index contributed by atoms with van der Waals surface area (Å²) < 4.78 is 0. The van der Waals surface area contributed by atoms with Crippen molar-refractivity contribution in [3.05, 3.63) is 0 Å². The van der Waals surface area contributed by atoms with Gasteiger partial charge in [0.1, 0.15) is 0 Å². The molecule has 4 heteroatoms. The van der Waals surface area contributed by atoms with Gasteiger partial charge in [0.25, 0.3) is 0 Å². The Hall–Kier alpha value is -0.380. The lowest BCUT2D eigenvalue weighted by atomic mass is 9.67. The van der Waals surface area contributed by atoms with E-state index < -0.39 is 0 Å². The SMILES string of the molecule is CC1CCNC(=O)NC1C1C(C)CC1S. The van der Waals surface area contributed by atoms with Crippen molar-refractivity contribution in [3.8, 4) is 0 Å². The molecule has 2 fully saturated rings. The molecular weight excluding hydrogens is 208 g/mol. The van der Waals surface area contributed by atoms with Crippen LogP contribution in [0.2, 0.25) is 0 Å². The monoisotopic (exact) mass is 228 g/mol. The first kappa shape index (κ1) is 11.1. The van der Waals surface area contributed by atoms with E-state index in [9.17, 15) is 4.79 Å². The van der Waals surface area contributed by atoms with Gasteiger partial charge in [0, 0.05) is 17.8 Å². The summed E-state index contributed by atoms with van der Waals surface area (Å²) in [6, 6.07) is 0.294. The van der Waals surface area contributed by atoms with E-state index in [2.05, 4.69) is 37.1 Å². The topological polar surface area (TPSA) is 41.1 Å². The van der Waals surface area contributed by atoms with E-state index in [1.165, 1.54) is 6.42 Å². The summed E-state index contributed by atoms with van der Waals surface area (Å²) >= 11 is 4.58. The Morgan fingerprint density at radius 1 is 1.33 bits per heavy atom. The van der Waals surface area contributed by atoms with Crippen LogP contribution in [0.5, 0.6) is 0 Å². The molecule has 2 rings (SSSR count). The van der Waals surface area contributed by atoms with Crippen LogP contribution in [-0.4, -0.2) is 23.9 Å². The molecule has 3 nitrogen and oxygen atoms in total. The zero-order valence-electron chi connectivity index (χ0n) is 9.36. The van der Waals surface area contributed by atoms with Crippen LogP contribution in [0.3, 0.4) is 0 Å². The number of carbonyl (C=O) groups is 1. The predicted octanol–water partition coefficient (Wildman–Crippen LogP) is 1.65. The molecule has 0 aromatic carbocycles. The second-order valence-electron chi connectivity index (χ2n) is 5.05. The highest BCUT2D eigenvalue weighted by Gasteiger charge is 2.44. The lowest BCUT2D eigenvalue weighted by Crippen LogP contribution is -2.54. The first-order valence-corrected chi connectivity index (χ1v) is 6.33. The first-order valence-electron chi connectivity index (χ1n) is 5.82. The second-order valence-corrected chi connectivity index (χ2v) is 5.71. The highest BCUT2D eigenvalue weighted by atomic mass is 32.1. The van der Waals surface area contributed by atoms with E-state index in [0.717, 1.165) is 13.0 Å². The normalized spacial score (nSPS) is 46.1. The summed E-state index contributed by atoms with van der Waals surface area (Å²) in [5.41, 5.74) is 0. The van der Waals surface area contributed by atoms with Crippen LogP contribution in [0.4, 0.5) is 4.79 Å². The molecule has 0 radical (unpaired) electrons. The Morgan fingerprint density at radius 2 is 2.07 bits per heavy atom. The number of amides is 2. The van der Waals surface area contributed by atoms with Gasteiger partial charge in [-0.25, -0.2) is 4.79 Å². The lowest BCUT2D eigenvalue weighted by molar-refractivity contribution is 0.126. The van der Waals surface area contributed by atoms with Gasteiger partial charge in [-0.15, -0.1) is 0 Å². The van der Waals surface area contributed by atoms with Gasteiger partial charge in [0.2, 0.25) is 0 Å². The van der Waals surface area contributed by atoms with Crippen molar-refractivity contribution in [2.45, 2.75) is 38.0 Å². The third-order valence-corrected chi connectivity index (χ3v) is 4.48. The van der Waals surface area contributed by atoms with Gasteiger partial charge < -0.3 is 10.6 Å². The molecule has 2 N–H and O–H groups in total. The summed E-state index contributed by atoms with van der Waals surface area (Å²) in [7, 11) is 0. The molecular formula is C11H20N2OS. The first-order chi connectivity index (χ1) is 7.09. The van der Waals surface area contributed by atoms with Gasteiger partial charge in [-0.1, -0.05) is 13.8 Å². The van der Waals surface area contributed by atoms with Crippen LogP contribution in [0.1, 0.15) is 26.7 Å². The van der Waals surface area contributed by atoms with Crippen LogP contribution >= 0.6 is 12.6 Å². The van der Waals surface area contributed by atoms with Crippen LogP contribution in [0.25, 0.3) is 0 Å². The highest BCUT2D eigenvalue weighted by Crippen LogP contribution is 2.42. The van der Waals surface area contributed by atoms with E-state index in [1.54, 1.807) is 0 Å². The van der Waals surface area contributed by atoms with E-state index in [1.807, 2.05) is 0 Å². The average molecular weight is 228 g/mol.